The molecule has 4 heterocycles. The van der Waals surface area contributed by atoms with E-state index in [0.29, 0.717) is 10.9 Å². The van der Waals surface area contributed by atoms with Crippen molar-refractivity contribution < 1.29 is 0 Å². The Hall–Kier alpha value is -2.87. The molecule has 0 unspecified atom stereocenters. The maximum atomic E-state index is 4.79. The first-order valence-corrected chi connectivity index (χ1v) is 8.84. The van der Waals surface area contributed by atoms with Crippen molar-refractivity contribution in [1.29, 1.82) is 0 Å². The third-order valence-electron chi connectivity index (χ3n) is 4.12. The van der Waals surface area contributed by atoms with Gasteiger partial charge in [-0.25, -0.2) is 19.5 Å². The fraction of sp³-hybridized carbons (Fsp3) is 0.176. The molecule has 7 nitrogen and oxygen atoms in total. The minimum Gasteiger partial charge on any atom is -0.265 e. The second-order valence-electron chi connectivity index (χ2n) is 5.73. The normalized spacial score (nSPS) is 13.3. The van der Waals surface area contributed by atoms with Gasteiger partial charge in [0, 0.05) is 41.6 Å². The lowest BCUT2D eigenvalue weighted by Gasteiger charge is -2.08. The number of hydrogen-bond donors (Lipinski definition) is 0. The highest BCUT2D eigenvalue weighted by molar-refractivity contribution is 7.99. The minimum absolute atomic E-state index is 0.588. The predicted octanol–water partition coefficient (Wildman–Crippen LogP) is 2.62. The van der Waals surface area contributed by atoms with Gasteiger partial charge >= 0.3 is 0 Å². The summed E-state index contributed by atoms with van der Waals surface area (Å²) >= 11 is 1.48. The summed E-state index contributed by atoms with van der Waals surface area (Å²) in [6.07, 6.45) is 10.2. The quantitative estimate of drug-likeness (QED) is 0.527. The van der Waals surface area contributed by atoms with Crippen molar-refractivity contribution in [3.05, 3.63) is 54.2 Å². The minimum atomic E-state index is 0.588. The Bertz CT molecular complexity index is 1030. The van der Waals surface area contributed by atoms with Crippen LogP contribution in [0, 0.1) is 0 Å². The zero-order valence-corrected chi connectivity index (χ0v) is 14.0. The van der Waals surface area contributed by atoms with Crippen LogP contribution in [0.15, 0.2) is 53.2 Å². The first-order chi connectivity index (χ1) is 12.4. The summed E-state index contributed by atoms with van der Waals surface area (Å²) in [5.74, 6) is 1.32. The molecular weight excluding hydrogens is 334 g/mol. The molecule has 0 amide bonds. The van der Waals surface area contributed by atoms with E-state index in [2.05, 4.69) is 20.1 Å². The number of aryl methyl sites for hydroxylation is 1. The molecule has 8 heteroatoms. The van der Waals surface area contributed by atoms with Crippen LogP contribution in [0.2, 0.25) is 0 Å². The Kier molecular flexibility index (Phi) is 3.41. The van der Waals surface area contributed by atoms with Gasteiger partial charge in [-0.1, -0.05) is 0 Å². The summed E-state index contributed by atoms with van der Waals surface area (Å²) in [6, 6.07) is 5.69. The largest absolute Gasteiger partial charge is 0.265 e. The topological polar surface area (TPSA) is 81.8 Å². The predicted molar refractivity (Wildman–Crippen MR) is 92.2 cm³/mol. The van der Waals surface area contributed by atoms with E-state index in [4.69, 9.17) is 9.97 Å². The van der Waals surface area contributed by atoms with E-state index in [9.17, 15) is 0 Å². The van der Waals surface area contributed by atoms with Crippen LogP contribution in [0.25, 0.3) is 17.2 Å². The van der Waals surface area contributed by atoms with Gasteiger partial charge in [0.1, 0.15) is 5.03 Å². The van der Waals surface area contributed by atoms with Crippen molar-refractivity contribution in [3.8, 4) is 11.4 Å². The van der Waals surface area contributed by atoms with Gasteiger partial charge in [-0.3, -0.25) is 4.98 Å². The zero-order valence-electron chi connectivity index (χ0n) is 13.2. The van der Waals surface area contributed by atoms with Crippen molar-refractivity contribution in [2.75, 3.05) is 0 Å². The number of pyridine rings is 1. The SMILES string of the molecule is c1cnc2nc(Sc3nc(-c4ccncc4)nc4c3CCC4)nn2c1. The lowest BCUT2D eigenvalue weighted by molar-refractivity contribution is 0.873. The number of rotatable bonds is 3. The summed E-state index contributed by atoms with van der Waals surface area (Å²) in [5.41, 5.74) is 3.32. The first-order valence-electron chi connectivity index (χ1n) is 8.02. The van der Waals surface area contributed by atoms with Crippen molar-refractivity contribution in [1.82, 2.24) is 34.5 Å². The van der Waals surface area contributed by atoms with E-state index >= 15 is 0 Å². The first kappa shape index (κ1) is 14.5. The molecule has 0 saturated carbocycles. The van der Waals surface area contributed by atoms with Gasteiger partial charge in [0.2, 0.25) is 5.16 Å². The van der Waals surface area contributed by atoms with Gasteiger partial charge in [-0.15, -0.1) is 5.10 Å². The van der Waals surface area contributed by atoms with E-state index in [-0.39, 0.29) is 0 Å². The van der Waals surface area contributed by atoms with Crippen LogP contribution >= 0.6 is 11.8 Å². The average Bonchev–Trinajstić information content (AvgIpc) is 3.28. The smallest absolute Gasteiger partial charge is 0.253 e. The molecule has 0 saturated heterocycles. The molecule has 1 aliphatic carbocycles. The second-order valence-corrected chi connectivity index (χ2v) is 6.68. The van der Waals surface area contributed by atoms with Gasteiger partial charge in [-0.05, 0) is 49.2 Å². The van der Waals surface area contributed by atoms with E-state index in [0.717, 1.165) is 41.4 Å². The van der Waals surface area contributed by atoms with Crippen LogP contribution in [-0.4, -0.2) is 34.5 Å². The van der Waals surface area contributed by atoms with Crippen molar-refractivity contribution in [3.63, 3.8) is 0 Å². The van der Waals surface area contributed by atoms with E-state index in [1.165, 1.54) is 17.3 Å². The average molecular weight is 347 g/mol. The molecule has 4 aromatic rings. The third kappa shape index (κ3) is 2.64. The fourth-order valence-corrected chi connectivity index (χ4v) is 3.86. The molecule has 0 aliphatic heterocycles. The molecule has 25 heavy (non-hydrogen) atoms. The third-order valence-corrected chi connectivity index (χ3v) is 5.01. The Morgan fingerprint density at radius 3 is 2.80 bits per heavy atom. The highest BCUT2D eigenvalue weighted by atomic mass is 32.2. The molecule has 0 spiro atoms. The summed E-state index contributed by atoms with van der Waals surface area (Å²) in [7, 11) is 0. The van der Waals surface area contributed by atoms with Crippen LogP contribution in [0.4, 0.5) is 0 Å². The molecule has 0 bridgehead atoms. The molecule has 122 valence electrons. The van der Waals surface area contributed by atoms with Gasteiger partial charge in [0.15, 0.2) is 5.82 Å². The van der Waals surface area contributed by atoms with Gasteiger partial charge in [-0.2, -0.15) is 4.98 Å². The number of hydrogen-bond acceptors (Lipinski definition) is 7. The molecule has 0 aromatic carbocycles. The van der Waals surface area contributed by atoms with Crippen LogP contribution in [0.3, 0.4) is 0 Å². The van der Waals surface area contributed by atoms with Crippen LogP contribution < -0.4 is 0 Å². The zero-order chi connectivity index (χ0) is 16.6. The monoisotopic (exact) mass is 347 g/mol. The van der Waals surface area contributed by atoms with Crippen molar-refractivity contribution in [2.24, 2.45) is 0 Å². The van der Waals surface area contributed by atoms with Crippen LogP contribution in [0.5, 0.6) is 0 Å². The second kappa shape index (κ2) is 5.89. The highest BCUT2D eigenvalue weighted by Gasteiger charge is 2.22. The molecule has 0 N–H and O–H groups in total. The van der Waals surface area contributed by atoms with Crippen LogP contribution in [0.1, 0.15) is 17.7 Å². The molecule has 0 atom stereocenters. The molecule has 5 rings (SSSR count). The van der Waals surface area contributed by atoms with Crippen LogP contribution in [-0.2, 0) is 12.8 Å². The summed E-state index contributed by atoms with van der Waals surface area (Å²) in [5, 5.41) is 6.05. The fourth-order valence-electron chi connectivity index (χ4n) is 2.96. The molecule has 0 radical (unpaired) electrons. The Morgan fingerprint density at radius 1 is 1.00 bits per heavy atom. The highest BCUT2D eigenvalue weighted by Crippen LogP contribution is 2.34. The van der Waals surface area contributed by atoms with E-state index in [1.54, 1.807) is 23.1 Å². The van der Waals surface area contributed by atoms with E-state index < -0.39 is 0 Å². The number of fused-ring (bicyclic) bond motifs is 2. The molecule has 4 aromatic heterocycles. The lowest BCUT2D eigenvalue weighted by atomic mass is 10.2. The standard InChI is InChI=1S/C17H13N7S/c1-3-12-13(4-1)20-14(11-5-8-18-9-6-11)21-15(12)25-17-22-16-19-7-2-10-24(16)23-17/h2,5-10H,1,3-4H2. The molecule has 0 fully saturated rings. The van der Waals surface area contributed by atoms with E-state index in [1.807, 2.05) is 24.4 Å². The molecule has 1 aliphatic rings. The summed E-state index contributed by atoms with van der Waals surface area (Å²) in [4.78, 5) is 22.3. The Morgan fingerprint density at radius 2 is 1.92 bits per heavy atom. The maximum absolute atomic E-state index is 4.79. The molecular formula is C17H13N7S. The number of aromatic nitrogens is 7. The Balaban J connectivity index is 1.59. The van der Waals surface area contributed by atoms with Gasteiger partial charge in [0.25, 0.3) is 5.78 Å². The summed E-state index contributed by atoms with van der Waals surface area (Å²) < 4.78 is 1.67. The van der Waals surface area contributed by atoms with Crippen molar-refractivity contribution in [2.45, 2.75) is 29.4 Å². The van der Waals surface area contributed by atoms with Gasteiger partial charge in [0.05, 0.1) is 0 Å². The maximum Gasteiger partial charge on any atom is 0.253 e. The summed E-state index contributed by atoms with van der Waals surface area (Å²) in [6.45, 7) is 0. The van der Waals surface area contributed by atoms with Gasteiger partial charge < -0.3 is 0 Å². The number of nitrogens with zero attached hydrogens (tertiary/aromatic N) is 7. The lowest BCUT2D eigenvalue weighted by Crippen LogP contribution is -1.99. The Labute approximate surface area is 147 Å². The van der Waals surface area contributed by atoms with Crippen molar-refractivity contribution >= 4 is 17.5 Å².